The number of anilines is 1. The highest BCUT2D eigenvalue weighted by atomic mass is 35.5. The maximum absolute atomic E-state index is 12.4. The van der Waals surface area contributed by atoms with Gasteiger partial charge in [-0.3, -0.25) is 10.1 Å². The molecule has 0 spiro atoms. The van der Waals surface area contributed by atoms with Crippen LogP contribution in [0.3, 0.4) is 0 Å². The minimum atomic E-state index is -0.361. The van der Waals surface area contributed by atoms with Gasteiger partial charge in [-0.25, -0.2) is 0 Å². The Morgan fingerprint density at radius 1 is 1.20 bits per heavy atom. The lowest BCUT2D eigenvalue weighted by Gasteiger charge is -2.11. The molecule has 0 saturated carbocycles. The number of rotatable bonds is 4. The quantitative estimate of drug-likeness (QED) is 0.440. The van der Waals surface area contributed by atoms with E-state index in [1.807, 2.05) is 44.2 Å². The Hall–Kier alpha value is -2.88. The number of carbonyl (C=O) groups is 1. The van der Waals surface area contributed by atoms with Crippen LogP contribution < -0.4 is 10.6 Å². The van der Waals surface area contributed by atoms with Crippen molar-refractivity contribution in [3.05, 3.63) is 64.4 Å². The molecule has 152 valence electrons. The van der Waals surface area contributed by atoms with Gasteiger partial charge >= 0.3 is 0 Å². The van der Waals surface area contributed by atoms with Gasteiger partial charge in [0.1, 0.15) is 5.01 Å². The number of thiocarbonyl (C=S) groups is 1. The first-order valence-electron chi connectivity index (χ1n) is 9.14. The molecule has 2 aromatic heterocycles. The Kier molecular flexibility index (Phi) is 5.76. The minimum absolute atomic E-state index is 0.191. The van der Waals surface area contributed by atoms with Crippen molar-refractivity contribution in [1.29, 1.82) is 0 Å². The number of hydrogen-bond donors (Lipinski definition) is 2. The van der Waals surface area contributed by atoms with Crippen molar-refractivity contribution in [3.63, 3.8) is 0 Å². The van der Waals surface area contributed by atoms with Gasteiger partial charge in [-0.2, -0.15) is 9.61 Å². The Bertz CT molecular complexity index is 1250. The van der Waals surface area contributed by atoms with Gasteiger partial charge in [0, 0.05) is 17.7 Å². The molecular weight excluding hydrogens is 440 g/mol. The average molecular weight is 457 g/mol. The van der Waals surface area contributed by atoms with Crippen molar-refractivity contribution in [2.75, 3.05) is 5.32 Å². The summed E-state index contributed by atoms with van der Waals surface area (Å²) in [5, 5.41) is 19.9. The summed E-state index contributed by atoms with van der Waals surface area (Å²) in [4.78, 5) is 13.2. The van der Waals surface area contributed by atoms with Crippen molar-refractivity contribution in [3.8, 4) is 10.6 Å². The van der Waals surface area contributed by atoms with Crippen LogP contribution >= 0.6 is 35.2 Å². The van der Waals surface area contributed by atoms with Gasteiger partial charge < -0.3 is 5.32 Å². The monoisotopic (exact) mass is 456 g/mol. The van der Waals surface area contributed by atoms with Crippen LogP contribution in [0.5, 0.6) is 0 Å². The number of nitrogens with zero attached hydrogens (tertiary/aromatic N) is 4. The predicted molar refractivity (Wildman–Crippen MR) is 123 cm³/mol. The van der Waals surface area contributed by atoms with Crippen molar-refractivity contribution in [2.45, 2.75) is 20.3 Å². The zero-order valence-corrected chi connectivity index (χ0v) is 18.5. The molecule has 0 bridgehead atoms. The molecule has 0 aliphatic heterocycles. The zero-order chi connectivity index (χ0) is 21.3. The molecule has 0 aliphatic carbocycles. The van der Waals surface area contributed by atoms with E-state index in [2.05, 4.69) is 25.9 Å². The molecule has 0 aliphatic rings. The van der Waals surface area contributed by atoms with Crippen LogP contribution in [0.25, 0.3) is 15.5 Å². The van der Waals surface area contributed by atoms with Gasteiger partial charge in [0.05, 0.1) is 10.6 Å². The van der Waals surface area contributed by atoms with Gasteiger partial charge in [0.2, 0.25) is 4.96 Å². The highest BCUT2D eigenvalue weighted by molar-refractivity contribution is 7.80. The number of fused-ring (bicyclic) bond motifs is 1. The minimum Gasteiger partial charge on any atom is -0.332 e. The highest BCUT2D eigenvalue weighted by Gasteiger charge is 2.13. The summed E-state index contributed by atoms with van der Waals surface area (Å²) in [6.45, 7) is 3.93. The second kappa shape index (κ2) is 8.47. The zero-order valence-electron chi connectivity index (χ0n) is 16.1. The van der Waals surface area contributed by atoms with E-state index < -0.39 is 0 Å². The summed E-state index contributed by atoms with van der Waals surface area (Å²) in [7, 11) is 0. The molecule has 0 fully saturated rings. The fourth-order valence-corrected chi connectivity index (χ4v) is 4.22. The number of benzene rings is 2. The molecule has 2 N–H and O–H groups in total. The molecule has 4 rings (SSSR count). The van der Waals surface area contributed by atoms with Gasteiger partial charge in [-0.05, 0) is 61.1 Å². The van der Waals surface area contributed by atoms with E-state index in [-0.39, 0.29) is 11.0 Å². The molecule has 10 heteroatoms. The fraction of sp³-hybridized carbons (Fsp3) is 0.150. The summed E-state index contributed by atoms with van der Waals surface area (Å²) in [5.74, 6) is 0.473. The molecule has 0 unspecified atom stereocenters. The van der Waals surface area contributed by atoms with E-state index in [1.54, 1.807) is 16.6 Å². The SMILES string of the molecule is CCc1nnc2sc(-c3ccc(NC(=S)NC(=O)c4ccc(C)cc4Cl)cc3)nn12. The Morgan fingerprint density at radius 3 is 2.67 bits per heavy atom. The maximum Gasteiger partial charge on any atom is 0.258 e. The fourth-order valence-electron chi connectivity index (χ4n) is 2.83. The number of halogens is 1. The molecule has 4 aromatic rings. The summed E-state index contributed by atoms with van der Waals surface area (Å²) in [6.07, 6.45) is 0.768. The molecule has 2 aromatic carbocycles. The van der Waals surface area contributed by atoms with Crippen LogP contribution in [0.1, 0.15) is 28.7 Å². The van der Waals surface area contributed by atoms with E-state index in [0.717, 1.165) is 39.0 Å². The lowest BCUT2D eigenvalue weighted by Crippen LogP contribution is -2.34. The van der Waals surface area contributed by atoms with Crippen molar-refractivity contribution in [2.24, 2.45) is 0 Å². The normalized spacial score (nSPS) is 10.9. The van der Waals surface area contributed by atoms with E-state index in [4.69, 9.17) is 23.8 Å². The van der Waals surface area contributed by atoms with Gasteiger partial charge in [-0.1, -0.05) is 35.9 Å². The van der Waals surface area contributed by atoms with Crippen molar-refractivity contribution in [1.82, 2.24) is 25.1 Å². The first kappa shape index (κ1) is 20.4. The Labute approximate surface area is 187 Å². The third-order valence-electron chi connectivity index (χ3n) is 4.36. The van der Waals surface area contributed by atoms with E-state index >= 15 is 0 Å². The van der Waals surface area contributed by atoms with Crippen LogP contribution in [0.15, 0.2) is 42.5 Å². The van der Waals surface area contributed by atoms with Gasteiger partial charge in [0.25, 0.3) is 5.91 Å². The Morgan fingerprint density at radius 2 is 1.97 bits per heavy atom. The number of aryl methyl sites for hydroxylation is 2. The van der Waals surface area contributed by atoms with Crippen LogP contribution in [-0.2, 0) is 6.42 Å². The van der Waals surface area contributed by atoms with Crippen molar-refractivity contribution >= 4 is 56.8 Å². The van der Waals surface area contributed by atoms with E-state index in [0.29, 0.717) is 10.6 Å². The first-order chi connectivity index (χ1) is 14.4. The number of hydrogen-bond acceptors (Lipinski definition) is 6. The van der Waals surface area contributed by atoms with Crippen LogP contribution in [0.2, 0.25) is 5.02 Å². The highest BCUT2D eigenvalue weighted by Crippen LogP contribution is 2.26. The number of aromatic nitrogens is 4. The van der Waals surface area contributed by atoms with E-state index in [9.17, 15) is 4.79 Å². The smallest absolute Gasteiger partial charge is 0.258 e. The lowest BCUT2D eigenvalue weighted by atomic mass is 10.1. The third kappa shape index (κ3) is 4.18. The van der Waals surface area contributed by atoms with Crippen LogP contribution in [0.4, 0.5) is 5.69 Å². The number of nitrogens with one attached hydrogen (secondary N) is 2. The number of carbonyl (C=O) groups excluding carboxylic acids is 1. The molecule has 0 atom stereocenters. The second-order valence-corrected chi connectivity index (χ2v) is 8.31. The predicted octanol–water partition coefficient (Wildman–Crippen LogP) is 4.50. The van der Waals surface area contributed by atoms with Gasteiger partial charge in [0.15, 0.2) is 10.9 Å². The molecule has 30 heavy (non-hydrogen) atoms. The molecule has 0 radical (unpaired) electrons. The number of amides is 1. The largest absolute Gasteiger partial charge is 0.332 e. The summed E-state index contributed by atoms with van der Waals surface area (Å²) >= 11 is 12.9. The molecule has 2 heterocycles. The van der Waals surface area contributed by atoms with Crippen LogP contribution in [-0.4, -0.2) is 30.8 Å². The van der Waals surface area contributed by atoms with Gasteiger partial charge in [-0.15, -0.1) is 10.2 Å². The molecule has 1 amide bonds. The van der Waals surface area contributed by atoms with Crippen molar-refractivity contribution < 1.29 is 4.79 Å². The summed E-state index contributed by atoms with van der Waals surface area (Å²) in [6, 6.07) is 12.8. The van der Waals surface area contributed by atoms with E-state index in [1.165, 1.54) is 11.3 Å². The first-order valence-corrected chi connectivity index (χ1v) is 10.7. The summed E-state index contributed by atoms with van der Waals surface area (Å²) in [5.41, 5.74) is 3.06. The summed E-state index contributed by atoms with van der Waals surface area (Å²) < 4.78 is 1.77. The topological polar surface area (TPSA) is 84.2 Å². The molecular formula is C20H17ClN6OS2. The third-order valence-corrected chi connectivity index (χ3v) is 5.82. The molecule has 7 nitrogen and oxygen atoms in total. The Balaban J connectivity index is 1.43. The maximum atomic E-state index is 12.4. The molecule has 0 saturated heterocycles. The second-order valence-electron chi connectivity index (χ2n) is 6.54. The lowest BCUT2D eigenvalue weighted by molar-refractivity contribution is 0.0978. The van der Waals surface area contributed by atoms with Crippen LogP contribution in [0, 0.1) is 6.92 Å². The average Bonchev–Trinajstić information content (AvgIpc) is 3.29. The standard InChI is InChI=1S/C20H17ClN6OS2/c1-3-16-24-25-20-27(16)26-18(30-20)12-5-7-13(8-6-12)22-19(29)23-17(28)14-9-4-11(2)10-15(14)21/h4-10H,3H2,1-2H3,(H2,22,23,28,29).